The zero-order chi connectivity index (χ0) is 21.3. The topological polar surface area (TPSA) is 30.5 Å². The van der Waals surface area contributed by atoms with Crippen molar-refractivity contribution in [3.05, 3.63) is 93.2 Å². The van der Waals surface area contributed by atoms with Crippen molar-refractivity contribution in [1.82, 2.24) is 5.32 Å². The summed E-state index contributed by atoms with van der Waals surface area (Å²) in [4.78, 5) is 0. The predicted octanol–water partition coefficient (Wildman–Crippen LogP) is 6.21. The van der Waals surface area contributed by atoms with Gasteiger partial charge >= 0.3 is 0 Å². The van der Waals surface area contributed by atoms with Crippen molar-refractivity contribution >= 4 is 15.9 Å². The summed E-state index contributed by atoms with van der Waals surface area (Å²) in [7, 11) is 0. The van der Waals surface area contributed by atoms with Crippen LogP contribution < -0.4 is 14.8 Å². The largest absolute Gasteiger partial charge is 0.490 e. The monoisotopic (exact) mass is 471 g/mol. The Morgan fingerprint density at radius 2 is 1.73 bits per heavy atom. The second kappa shape index (κ2) is 11.1. The van der Waals surface area contributed by atoms with E-state index in [1.165, 1.54) is 11.6 Å². The minimum atomic E-state index is -0.158. The van der Waals surface area contributed by atoms with Crippen molar-refractivity contribution in [1.29, 1.82) is 0 Å². The third kappa shape index (κ3) is 6.31. The van der Waals surface area contributed by atoms with Crippen LogP contribution in [-0.4, -0.2) is 13.2 Å². The highest BCUT2D eigenvalue weighted by Gasteiger charge is 2.11. The molecule has 0 aliphatic carbocycles. The number of hydrogen-bond acceptors (Lipinski definition) is 3. The normalized spacial score (nSPS) is 10.8. The molecule has 0 atom stereocenters. The summed E-state index contributed by atoms with van der Waals surface area (Å²) < 4.78 is 26.5. The molecule has 0 heterocycles. The molecule has 3 rings (SSSR count). The van der Waals surface area contributed by atoms with E-state index >= 15 is 0 Å². The number of nitrogens with one attached hydrogen (secondary N) is 1. The lowest BCUT2D eigenvalue weighted by Gasteiger charge is -2.16. The Morgan fingerprint density at radius 1 is 0.933 bits per heavy atom. The summed E-state index contributed by atoms with van der Waals surface area (Å²) in [6.45, 7) is 6.39. The molecule has 0 saturated heterocycles. The van der Waals surface area contributed by atoms with Crippen LogP contribution in [0.15, 0.2) is 65.1 Å². The smallest absolute Gasteiger partial charge is 0.162 e. The Labute approximate surface area is 186 Å². The molecule has 0 radical (unpaired) electrons. The van der Waals surface area contributed by atoms with Crippen molar-refractivity contribution < 1.29 is 13.9 Å². The molecule has 0 aliphatic heterocycles. The van der Waals surface area contributed by atoms with Gasteiger partial charge in [-0.3, -0.25) is 0 Å². The molecule has 0 aromatic heterocycles. The fourth-order valence-electron chi connectivity index (χ4n) is 3.20. The molecule has 3 aromatic rings. The summed E-state index contributed by atoms with van der Waals surface area (Å²) in [6, 6.07) is 19.1. The molecule has 0 spiro atoms. The van der Waals surface area contributed by atoms with E-state index in [1.54, 1.807) is 6.07 Å². The second-order valence-electron chi connectivity index (χ2n) is 7.12. The molecular weight excluding hydrogens is 445 g/mol. The van der Waals surface area contributed by atoms with Crippen LogP contribution in [0, 0.1) is 12.7 Å². The second-order valence-corrected chi connectivity index (χ2v) is 7.97. The first kappa shape index (κ1) is 22.3. The van der Waals surface area contributed by atoms with Crippen LogP contribution in [0.2, 0.25) is 0 Å². The Balaban J connectivity index is 1.62. The maximum atomic E-state index is 13.7. The molecule has 158 valence electrons. The van der Waals surface area contributed by atoms with Crippen LogP contribution in [0.1, 0.15) is 29.2 Å². The maximum absolute atomic E-state index is 13.7. The van der Waals surface area contributed by atoms with Crippen molar-refractivity contribution in [2.45, 2.75) is 33.4 Å². The molecule has 5 heteroatoms. The number of ether oxygens (including phenoxy) is 2. The van der Waals surface area contributed by atoms with Crippen LogP contribution in [0.3, 0.4) is 0 Å². The maximum Gasteiger partial charge on any atom is 0.162 e. The summed E-state index contributed by atoms with van der Waals surface area (Å²) >= 11 is 3.64. The molecule has 3 aromatic carbocycles. The summed E-state index contributed by atoms with van der Waals surface area (Å²) in [5.41, 5.74) is 4.11. The molecule has 3 nitrogen and oxygen atoms in total. The first-order chi connectivity index (χ1) is 14.6. The van der Waals surface area contributed by atoms with E-state index in [-0.39, 0.29) is 5.82 Å². The van der Waals surface area contributed by atoms with Gasteiger partial charge in [-0.05, 0) is 61.7 Å². The van der Waals surface area contributed by atoms with Gasteiger partial charge in [0, 0.05) is 11.0 Å². The van der Waals surface area contributed by atoms with Gasteiger partial charge < -0.3 is 14.8 Å². The zero-order valence-electron chi connectivity index (χ0n) is 17.4. The SMILES string of the molecule is CCOc1cc(CNCCc2ccccc2F)c(Br)cc1OCc1cccc(C)c1. The predicted molar refractivity (Wildman–Crippen MR) is 123 cm³/mol. The van der Waals surface area contributed by atoms with Crippen LogP contribution in [-0.2, 0) is 19.6 Å². The van der Waals surface area contributed by atoms with Gasteiger partial charge in [-0.15, -0.1) is 0 Å². The lowest BCUT2D eigenvalue weighted by Crippen LogP contribution is -2.17. The molecule has 0 bridgehead atoms. The van der Waals surface area contributed by atoms with E-state index in [4.69, 9.17) is 9.47 Å². The molecule has 0 unspecified atom stereocenters. The number of rotatable bonds is 10. The van der Waals surface area contributed by atoms with Crippen molar-refractivity contribution in [2.24, 2.45) is 0 Å². The molecule has 0 amide bonds. The molecule has 0 aliphatic rings. The van der Waals surface area contributed by atoms with Gasteiger partial charge in [0.15, 0.2) is 11.5 Å². The number of benzene rings is 3. The summed E-state index contributed by atoms with van der Waals surface area (Å²) in [6.07, 6.45) is 0.639. The van der Waals surface area contributed by atoms with Crippen LogP contribution in [0.5, 0.6) is 11.5 Å². The van der Waals surface area contributed by atoms with Gasteiger partial charge in [-0.1, -0.05) is 64.0 Å². The first-order valence-corrected chi connectivity index (χ1v) is 10.9. The van der Waals surface area contributed by atoms with E-state index < -0.39 is 0 Å². The molecule has 0 fully saturated rings. The van der Waals surface area contributed by atoms with Crippen LogP contribution in [0.25, 0.3) is 0 Å². The zero-order valence-corrected chi connectivity index (χ0v) is 19.0. The van der Waals surface area contributed by atoms with Crippen LogP contribution >= 0.6 is 15.9 Å². The third-order valence-corrected chi connectivity index (χ3v) is 5.47. The number of hydrogen-bond donors (Lipinski definition) is 1. The molecule has 0 saturated carbocycles. The van der Waals surface area contributed by atoms with Crippen molar-refractivity contribution in [2.75, 3.05) is 13.2 Å². The van der Waals surface area contributed by atoms with Crippen molar-refractivity contribution in [3.63, 3.8) is 0 Å². The quantitative estimate of drug-likeness (QED) is 0.356. The van der Waals surface area contributed by atoms with Gasteiger partial charge in [0.05, 0.1) is 6.61 Å². The Morgan fingerprint density at radius 3 is 2.50 bits per heavy atom. The molecule has 1 N–H and O–H groups in total. The molecular formula is C25H27BrFNO2. The van der Waals surface area contributed by atoms with Gasteiger partial charge in [0.25, 0.3) is 0 Å². The van der Waals surface area contributed by atoms with E-state index in [1.807, 2.05) is 37.3 Å². The Bertz CT molecular complexity index is 977. The fraction of sp³-hybridized carbons (Fsp3) is 0.280. The first-order valence-electron chi connectivity index (χ1n) is 10.1. The lowest BCUT2D eigenvalue weighted by molar-refractivity contribution is 0.269. The number of halogens is 2. The van der Waals surface area contributed by atoms with Gasteiger partial charge in [-0.25, -0.2) is 4.39 Å². The Hall–Kier alpha value is -2.37. The highest BCUT2D eigenvalue weighted by atomic mass is 79.9. The van der Waals surface area contributed by atoms with E-state index in [2.05, 4.69) is 46.4 Å². The minimum absolute atomic E-state index is 0.158. The Kier molecular flexibility index (Phi) is 8.29. The minimum Gasteiger partial charge on any atom is -0.490 e. The number of aryl methyl sites for hydroxylation is 1. The molecule has 30 heavy (non-hydrogen) atoms. The summed E-state index contributed by atoms with van der Waals surface area (Å²) in [5, 5.41) is 3.38. The fourth-order valence-corrected chi connectivity index (χ4v) is 3.67. The standard InChI is InChI=1S/C25H27BrFNO2/c1-3-29-24-14-21(16-28-12-11-20-9-4-5-10-23(20)27)22(26)15-25(24)30-17-19-8-6-7-18(2)13-19/h4-10,13-15,28H,3,11-12,16-17H2,1-2H3. The lowest BCUT2D eigenvalue weighted by atomic mass is 10.1. The van der Waals surface area contributed by atoms with Gasteiger partial charge in [-0.2, -0.15) is 0 Å². The average molecular weight is 472 g/mol. The highest BCUT2D eigenvalue weighted by molar-refractivity contribution is 9.10. The summed E-state index contributed by atoms with van der Waals surface area (Å²) in [5.74, 6) is 1.27. The van der Waals surface area contributed by atoms with E-state index in [0.717, 1.165) is 26.9 Å². The third-order valence-electron chi connectivity index (χ3n) is 4.73. The van der Waals surface area contributed by atoms with Gasteiger partial charge in [0.1, 0.15) is 12.4 Å². The van der Waals surface area contributed by atoms with E-state index in [9.17, 15) is 4.39 Å². The average Bonchev–Trinajstić information content (AvgIpc) is 2.73. The highest BCUT2D eigenvalue weighted by Crippen LogP contribution is 2.34. The van der Waals surface area contributed by atoms with Crippen molar-refractivity contribution in [3.8, 4) is 11.5 Å². The van der Waals surface area contributed by atoms with Gasteiger partial charge in [0.2, 0.25) is 0 Å². The van der Waals surface area contributed by atoms with E-state index in [0.29, 0.717) is 38.5 Å². The van der Waals surface area contributed by atoms with Crippen LogP contribution in [0.4, 0.5) is 4.39 Å².